The number of amides is 2. The number of hydrogen-bond acceptors (Lipinski definition) is 6. The van der Waals surface area contributed by atoms with Crippen LogP contribution in [0.4, 0.5) is 11.4 Å². The Balaban J connectivity index is 1.31. The normalized spacial score (nSPS) is 32.0. The van der Waals surface area contributed by atoms with Gasteiger partial charge in [-0.2, -0.15) is 0 Å². The summed E-state index contributed by atoms with van der Waals surface area (Å²) in [4.78, 5) is 47.6. The van der Waals surface area contributed by atoms with Gasteiger partial charge in [0.05, 0.1) is 22.5 Å². The van der Waals surface area contributed by atoms with Crippen LogP contribution < -0.4 is 14.7 Å². The number of aromatic nitrogens is 1. The predicted molar refractivity (Wildman–Crippen MR) is 143 cm³/mol. The molecule has 7 atom stereocenters. The molecule has 3 heterocycles. The summed E-state index contributed by atoms with van der Waals surface area (Å²) < 4.78 is 0. The van der Waals surface area contributed by atoms with Crippen molar-refractivity contribution in [3.05, 3.63) is 74.2 Å². The number of hydrogen-bond donors (Lipinski definition) is 1. The van der Waals surface area contributed by atoms with Crippen molar-refractivity contribution in [1.82, 2.24) is 4.98 Å². The molecule has 1 aromatic heterocycles. The zero-order valence-corrected chi connectivity index (χ0v) is 21.9. The van der Waals surface area contributed by atoms with E-state index >= 15 is 0 Å². The average molecular weight is 518 g/mol. The Bertz CT molecular complexity index is 1440. The Hall–Kier alpha value is -2.84. The van der Waals surface area contributed by atoms with E-state index in [0.29, 0.717) is 5.69 Å². The van der Waals surface area contributed by atoms with Crippen LogP contribution in [-0.4, -0.2) is 36.1 Å². The lowest BCUT2D eigenvalue weighted by Crippen LogP contribution is -2.42. The Kier molecular flexibility index (Phi) is 4.86. The van der Waals surface area contributed by atoms with E-state index in [0.717, 1.165) is 27.6 Å². The molecule has 2 bridgehead atoms. The maximum Gasteiger partial charge on any atom is 0.305 e. The third kappa shape index (κ3) is 3.00. The second-order valence-corrected chi connectivity index (χ2v) is 13.0. The maximum absolute atomic E-state index is 13.8. The molecule has 2 aromatic carbocycles. The van der Waals surface area contributed by atoms with Gasteiger partial charge in [0.15, 0.2) is 0 Å². The zero-order chi connectivity index (χ0) is 24.9. The van der Waals surface area contributed by atoms with Crippen molar-refractivity contribution in [3.8, 4) is 0 Å². The first-order valence-electron chi connectivity index (χ1n) is 12.4. The summed E-state index contributed by atoms with van der Waals surface area (Å²) in [5.74, 6) is -0.0711. The zero-order valence-electron chi connectivity index (χ0n) is 20.3. The highest BCUT2D eigenvalue weighted by Crippen LogP contribution is 2.68. The number of nitrogens with zero attached hydrogens (tertiary/aromatic N) is 2. The molecular weight excluding hydrogens is 490 g/mol. The van der Waals surface area contributed by atoms with Crippen LogP contribution in [0.15, 0.2) is 58.4 Å². The van der Waals surface area contributed by atoms with Gasteiger partial charge in [-0.3, -0.25) is 19.3 Å². The highest BCUT2D eigenvalue weighted by atomic mass is 32.2. The third-order valence-corrected chi connectivity index (χ3v) is 11.4. The molecule has 4 aliphatic rings. The van der Waals surface area contributed by atoms with Crippen LogP contribution in [0.3, 0.4) is 0 Å². The SMILES string of the molecule is Cc1ccc(N2C(=O)[C@H]3[C@H]4C[C@@H]([C@@H]3C2=O)[C@H]2[C@H](c3ccc(N(C)C)cc3)c3sc(=O)[nH]c3S[C@H]42)cc1. The first-order valence-corrected chi connectivity index (χ1v) is 14.1. The van der Waals surface area contributed by atoms with Gasteiger partial charge >= 0.3 is 4.87 Å². The number of benzene rings is 2. The number of aryl methyl sites for hydroxylation is 1. The monoisotopic (exact) mass is 517 g/mol. The van der Waals surface area contributed by atoms with E-state index in [-0.39, 0.29) is 57.4 Å². The van der Waals surface area contributed by atoms with E-state index in [9.17, 15) is 14.4 Å². The smallest absolute Gasteiger partial charge is 0.305 e. The van der Waals surface area contributed by atoms with Crippen LogP contribution in [0, 0.1) is 36.5 Å². The molecule has 184 valence electrons. The molecular formula is C28H27N3O3S2. The van der Waals surface area contributed by atoms with Gasteiger partial charge in [-0.1, -0.05) is 41.2 Å². The Morgan fingerprint density at radius 1 is 0.917 bits per heavy atom. The quantitative estimate of drug-likeness (QED) is 0.519. The van der Waals surface area contributed by atoms with Gasteiger partial charge in [0, 0.05) is 35.8 Å². The maximum atomic E-state index is 13.8. The second kappa shape index (κ2) is 7.83. The summed E-state index contributed by atoms with van der Waals surface area (Å²) in [6, 6.07) is 16.3. The Morgan fingerprint density at radius 2 is 1.58 bits per heavy atom. The summed E-state index contributed by atoms with van der Waals surface area (Å²) in [5.41, 5.74) is 4.09. The summed E-state index contributed by atoms with van der Waals surface area (Å²) in [5, 5.41) is 1.16. The molecule has 2 amide bonds. The molecule has 2 aliphatic carbocycles. The molecule has 8 heteroatoms. The van der Waals surface area contributed by atoms with Crippen LogP contribution in [0.25, 0.3) is 0 Å². The van der Waals surface area contributed by atoms with E-state index in [4.69, 9.17) is 0 Å². The number of rotatable bonds is 3. The predicted octanol–water partition coefficient (Wildman–Crippen LogP) is 4.49. The number of carbonyl (C=O) groups is 2. The van der Waals surface area contributed by atoms with E-state index in [1.807, 2.05) is 45.3 Å². The van der Waals surface area contributed by atoms with Crippen molar-refractivity contribution < 1.29 is 9.59 Å². The number of aromatic amines is 1. The number of carbonyl (C=O) groups excluding carboxylic acids is 2. The largest absolute Gasteiger partial charge is 0.378 e. The summed E-state index contributed by atoms with van der Waals surface area (Å²) >= 11 is 3.03. The third-order valence-electron chi connectivity index (χ3n) is 8.78. The average Bonchev–Trinajstić information content (AvgIpc) is 3.59. The highest BCUT2D eigenvalue weighted by Gasteiger charge is 2.69. The molecule has 7 rings (SSSR count). The minimum atomic E-state index is -0.272. The van der Waals surface area contributed by atoms with E-state index < -0.39 is 0 Å². The van der Waals surface area contributed by atoms with Gasteiger partial charge in [0.25, 0.3) is 0 Å². The van der Waals surface area contributed by atoms with Gasteiger partial charge in [0.2, 0.25) is 11.8 Å². The summed E-state index contributed by atoms with van der Waals surface area (Å²) in [6.45, 7) is 2.00. The van der Waals surface area contributed by atoms with Crippen LogP contribution in [0.5, 0.6) is 0 Å². The van der Waals surface area contributed by atoms with Gasteiger partial charge in [0.1, 0.15) is 0 Å². The fraction of sp³-hybridized carbons (Fsp3) is 0.393. The Labute approximate surface area is 217 Å². The molecule has 6 nitrogen and oxygen atoms in total. The molecule has 3 aromatic rings. The van der Waals surface area contributed by atoms with Gasteiger partial charge in [-0.05, 0) is 60.9 Å². The fourth-order valence-corrected chi connectivity index (χ4v) is 10.2. The number of fused-ring (bicyclic) bond motifs is 9. The van der Waals surface area contributed by atoms with Crippen molar-refractivity contribution >= 4 is 46.3 Å². The molecule has 0 spiro atoms. The molecule has 0 unspecified atom stereocenters. The minimum absolute atomic E-state index is 0.0346. The lowest BCUT2D eigenvalue weighted by atomic mass is 9.68. The number of anilines is 2. The standard InChI is InChI=1S/C28H27N3O3S2/c1-13-4-8-16(9-5-13)31-26(32)21-17-12-18(22(21)27(31)33)23-20(17)19(24-25(35-23)29-28(34)36-24)14-6-10-15(11-7-14)30(2)3/h4-11,17-23H,12H2,1-3H3,(H,29,34)/t17-,18-,19+,20+,21+,22+,23-/m1/s1. The van der Waals surface area contributed by atoms with Crippen molar-refractivity contribution in [1.29, 1.82) is 0 Å². The lowest BCUT2D eigenvalue weighted by molar-refractivity contribution is -0.123. The Morgan fingerprint density at radius 3 is 2.25 bits per heavy atom. The summed E-state index contributed by atoms with van der Waals surface area (Å²) in [6.07, 6.45) is 0.905. The van der Waals surface area contributed by atoms with Gasteiger partial charge in [-0.25, -0.2) is 0 Å². The second-order valence-electron chi connectivity index (χ2n) is 10.8. The molecule has 2 aliphatic heterocycles. The van der Waals surface area contributed by atoms with Crippen LogP contribution in [-0.2, 0) is 9.59 Å². The molecule has 1 saturated heterocycles. The van der Waals surface area contributed by atoms with E-state index in [2.05, 4.69) is 34.1 Å². The minimum Gasteiger partial charge on any atom is -0.378 e. The van der Waals surface area contributed by atoms with Crippen molar-refractivity contribution in [2.45, 2.75) is 29.5 Å². The first-order chi connectivity index (χ1) is 17.3. The highest BCUT2D eigenvalue weighted by molar-refractivity contribution is 8.00. The van der Waals surface area contributed by atoms with Gasteiger partial charge < -0.3 is 9.88 Å². The van der Waals surface area contributed by atoms with E-state index in [1.54, 1.807) is 11.8 Å². The number of nitrogens with one attached hydrogen (secondary N) is 1. The van der Waals surface area contributed by atoms with Crippen LogP contribution in [0.1, 0.15) is 28.3 Å². The van der Waals surface area contributed by atoms with Crippen molar-refractivity contribution in [2.75, 3.05) is 23.9 Å². The first kappa shape index (κ1) is 22.4. The molecule has 1 N–H and O–H groups in total. The van der Waals surface area contributed by atoms with Crippen molar-refractivity contribution in [3.63, 3.8) is 0 Å². The lowest BCUT2D eigenvalue weighted by Gasteiger charge is -2.43. The van der Waals surface area contributed by atoms with Crippen LogP contribution >= 0.6 is 23.1 Å². The topological polar surface area (TPSA) is 73.5 Å². The fourth-order valence-electron chi connectivity index (χ4n) is 7.32. The van der Waals surface area contributed by atoms with E-state index in [1.165, 1.54) is 21.8 Å². The number of H-pyrrole nitrogens is 1. The molecule has 3 fully saturated rings. The molecule has 2 saturated carbocycles. The summed E-state index contributed by atoms with van der Waals surface area (Å²) in [7, 11) is 4.05. The number of thiazole rings is 1. The van der Waals surface area contributed by atoms with Crippen molar-refractivity contribution in [2.24, 2.45) is 29.6 Å². The number of thioether (sulfide) groups is 1. The van der Waals surface area contributed by atoms with Crippen LogP contribution in [0.2, 0.25) is 0 Å². The molecule has 0 radical (unpaired) electrons. The molecule has 36 heavy (non-hydrogen) atoms. The van der Waals surface area contributed by atoms with Gasteiger partial charge in [-0.15, -0.1) is 11.8 Å². The number of imide groups is 1.